The zero-order valence-electron chi connectivity index (χ0n) is 19.5. The van der Waals surface area contributed by atoms with E-state index in [0.29, 0.717) is 24.3 Å². The predicted molar refractivity (Wildman–Crippen MR) is 133 cm³/mol. The molecule has 0 unspecified atom stereocenters. The van der Waals surface area contributed by atoms with Gasteiger partial charge in [-0.05, 0) is 49.0 Å². The van der Waals surface area contributed by atoms with Crippen LogP contribution in [0.15, 0.2) is 78.9 Å². The van der Waals surface area contributed by atoms with Gasteiger partial charge in [0.05, 0.1) is 12.0 Å². The van der Waals surface area contributed by atoms with Crippen molar-refractivity contribution >= 4 is 5.69 Å². The van der Waals surface area contributed by atoms with E-state index in [1.165, 1.54) is 30.0 Å². The lowest BCUT2D eigenvalue weighted by atomic mass is 9.70. The zero-order valence-corrected chi connectivity index (χ0v) is 19.5. The molecule has 1 N–H and O–H groups in total. The Balaban J connectivity index is 1.49. The number of nitro groups is 1. The highest BCUT2D eigenvalue weighted by atomic mass is 16.6. The average molecular weight is 458 g/mol. The molecule has 3 aliphatic rings. The van der Waals surface area contributed by atoms with E-state index in [9.17, 15) is 10.1 Å². The van der Waals surface area contributed by atoms with Crippen molar-refractivity contribution in [1.82, 2.24) is 10.2 Å². The largest absolute Gasteiger partial charge is 0.496 e. The monoisotopic (exact) mass is 457 g/mol. The second kappa shape index (κ2) is 9.95. The van der Waals surface area contributed by atoms with Crippen LogP contribution < -0.4 is 10.1 Å². The Hall–Kier alpha value is -3.22. The standard InChI is InChI=1S/C28H31N3O3/c1-34-25-13-12-24(31(32)33)18-23(25)19-29-27-22-14-16-30(17-15-22)28(27)26(20-8-4-2-5-9-20)21-10-6-3-7-11-21/h2-13,18,22,26-29H,14-17,19H2,1H3/t27-,28+/m1/s1. The topological polar surface area (TPSA) is 67.6 Å². The molecular weight excluding hydrogens is 426 g/mol. The summed E-state index contributed by atoms with van der Waals surface area (Å²) in [6.07, 6.45) is 2.35. The molecule has 0 saturated carbocycles. The molecule has 34 heavy (non-hydrogen) atoms. The third-order valence-corrected chi connectivity index (χ3v) is 7.53. The summed E-state index contributed by atoms with van der Waals surface area (Å²) in [6.45, 7) is 2.76. The van der Waals surface area contributed by atoms with E-state index in [-0.39, 0.29) is 22.6 Å². The van der Waals surface area contributed by atoms with Crippen LogP contribution in [0.2, 0.25) is 0 Å². The third kappa shape index (κ3) is 4.43. The van der Waals surface area contributed by atoms with Crippen molar-refractivity contribution in [1.29, 1.82) is 0 Å². The Labute approximate surface area is 200 Å². The van der Waals surface area contributed by atoms with Crippen molar-refractivity contribution < 1.29 is 9.66 Å². The number of piperidine rings is 3. The quantitative estimate of drug-likeness (QED) is 0.381. The maximum atomic E-state index is 11.4. The summed E-state index contributed by atoms with van der Waals surface area (Å²) in [7, 11) is 1.61. The van der Waals surface area contributed by atoms with Crippen LogP contribution in [0.5, 0.6) is 5.75 Å². The van der Waals surface area contributed by atoms with Gasteiger partial charge in [0.1, 0.15) is 5.75 Å². The fourth-order valence-electron chi connectivity index (χ4n) is 5.94. The molecule has 0 aliphatic carbocycles. The first-order valence-electron chi connectivity index (χ1n) is 12.0. The van der Waals surface area contributed by atoms with Crippen molar-refractivity contribution in [2.75, 3.05) is 20.2 Å². The number of nitro benzene ring substituents is 1. The zero-order chi connectivity index (χ0) is 23.5. The summed E-state index contributed by atoms with van der Waals surface area (Å²) in [4.78, 5) is 13.7. The van der Waals surface area contributed by atoms with Gasteiger partial charge in [0.2, 0.25) is 0 Å². The average Bonchev–Trinajstić information content (AvgIpc) is 2.89. The minimum atomic E-state index is -0.346. The second-order valence-corrected chi connectivity index (χ2v) is 9.32. The third-order valence-electron chi connectivity index (χ3n) is 7.53. The van der Waals surface area contributed by atoms with Gasteiger partial charge in [0, 0.05) is 42.2 Å². The van der Waals surface area contributed by atoms with Crippen molar-refractivity contribution in [3.05, 3.63) is 106 Å². The first-order valence-corrected chi connectivity index (χ1v) is 12.0. The van der Waals surface area contributed by atoms with Crippen LogP contribution in [-0.4, -0.2) is 42.1 Å². The molecule has 6 rings (SSSR count). The molecule has 0 amide bonds. The number of benzene rings is 3. The Bertz CT molecular complexity index is 1070. The highest BCUT2D eigenvalue weighted by Crippen LogP contribution is 2.42. The Morgan fingerprint density at radius 1 is 1.00 bits per heavy atom. The van der Waals surface area contributed by atoms with Crippen molar-refractivity contribution in [2.45, 2.75) is 37.4 Å². The fraction of sp³-hybridized carbons (Fsp3) is 0.357. The van der Waals surface area contributed by atoms with E-state index in [4.69, 9.17) is 4.74 Å². The first kappa shape index (κ1) is 22.6. The molecule has 0 spiro atoms. The van der Waals surface area contributed by atoms with Crippen molar-refractivity contribution in [3.8, 4) is 5.75 Å². The summed E-state index contributed by atoms with van der Waals surface area (Å²) in [6, 6.07) is 27.0. The number of fused-ring (bicyclic) bond motifs is 3. The normalized spacial score (nSPS) is 23.7. The van der Waals surface area contributed by atoms with E-state index in [1.807, 2.05) is 0 Å². The molecular formula is C28H31N3O3. The molecule has 6 nitrogen and oxygen atoms in total. The highest BCUT2D eigenvalue weighted by Gasteiger charge is 2.46. The van der Waals surface area contributed by atoms with Crippen LogP contribution in [0.3, 0.4) is 0 Å². The number of methoxy groups -OCH3 is 1. The van der Waals surface area contributed by atoms with Crippen LogP contribution in [0, 0.1) is 16.0 Å². The number of hydrogen-bond acceptors (Lipinski definition) is 5. The van der Waals surface area contributed by atoms with Crippen LogP contribution in [0.1, 0.15) is 35.4 Å². The number of rotatable bonds is 8. The minimum absolute atomic E-state index is 0.0921. The summed E-state index contributed by atoms with van der Waals surface area (Å²) in [5, 5.41) is 15.2. The SMILES string of the molecule is COc1ccc([N+](=O)[O-])cc1CN[C@@H]1C2CCN(CC2)[C@H]1C(c1ccccc1)c1ccccc1. The summed E-state index contributed by atoms with van der Waals surface area (Å²) >= 11 is 0. The lowest BCUT2D eigenvalue weighted by Gasteiger charge is -2.54. The summed E-state index contributed by atoms with van der Waals surface area (Å²) in [5.41, 5.74) is 3.56. The van der Waals surface area contributed by atoms with Crippen molar-refractivity contribution in [3.63, 3.8) is 0 Å². The Morgan fingerprint density at radius 3 is 2.18 bits per heavy atom. The molecule has 176 valence electrons. The number of ether oxygens (including phenoxy) is 1. The summed E-state index contributed by atoms with van der Waals surface area (Å²) < 4.78 is 5.52. The lowest BCUT2D eigenvalue weighted by Crippen LogP contribution is -2.64. The maximum Gasteiger partial charge on any atom is 0.270 e. The highest BCUT2D eigenvalue weighted by molar-refractivity contribution is 5.44. The van der Waals surface area contributed by atoms with Gasteiger partial charge in [-0.15, -0.1) is 0 Å². The molecule has 3 heterocycles. The van der Waals surface area contributed by atoms with E-state index >= 15 is 0 Å². The Morgan fingerprint density at radius 2 is 1.62 bits per heavy atom. The Kier molecular flexibility index (Phi) is 6.61. The summed E-state index contributed by atoms with van der Waals surface area (Å²) in [5.74, 6) is 1.50. The van der Waals surface area contributed by atoms with E-state index < -0.39 is 0 Å². The molecule has 6 heteroatoms. The van der Waals surface area contributed by atoms with Gasteiger partial charge in [0.25, 0.3) is 5.69 Å². The van der Waals surface area contributed by atoms with Crippen molar-refractivity contribution in [2.24, 2.45) is 5.92 Å². The molecule has 3 aliphatic heterocycles. The van der Waals surface area contributed by atoms with Crippen LogP contribution >= 0.6 is 0 Å². The minimum Gasteiger partial charge on any atom is -0.496 e. The first-order chi connectivity index (χ1) is 16.7. The lowest BCUT2D eigenvalue weighted by molar-refractivity contribution is -0.384. The number of nitrogens with one attached hydrogen (secondary N) is 1. The smallest absolute Gasteiger partial charge is 0.270 e. The fourth-order valence-corrected chi connectivity index (χ4v) is 5.94. The van der Waals surface area contributed by atoms with Crippen LogP contribution in [0.25, 0.3) is 0 Å². The van der Waals surface area contributed by atoms with Gasteiger partial charge < -0.3 is 10.1 Å². The van der Waals surface area contributed by atoms with Gasteiger partial charge in [-0.1, -0.05) is 60.7 Å². The van der Waals surface area contributed by atoms with Gasteiger partial charge in [-0.3, -0.25) is 15.0 Å². The predicted octanol–water partition coefficient (Wildman–Crippen LogP) is 4.99. The number of nitrogens with zero attached hydrogens (tertiary/aromatic N) is 2. The maximum absolute atomic E-state index is 11.4. The van der Waals surface area contributed by atoms with Gasteiger partial charge in [-0.25, -0.2) is 0 Å². The second-order valence-electron chi connectivity index (χ2n) is 9.32. The molecule has 3 saturated heterocycles. The van der Waals surface area contributed by atoms with E-state index in [0.717, 1.165) is 18.7 Å². The number of non-ortho nitro benzene ring substituents is 1. The van der Waals surface area contributed by atoms with Gasteiger partial charge >= 0.3 is 0 Å². The van der Waals surface area contributed by atoms with Crippen LogP contribution in [0.4, 0.5) is 5.69 Å². The number of hydrogen-bond donors (Lipinski definition) is 1. The van der Waals surface area contributed by atoms with Crippen LogP contribution in [-0.2, 0) is 6.54 Å². The molecule has 2 bridgehead atoms. The van der Waals surface area contributed by atoms with E-state index in [1.54, 1.807) is 19.2 Å². The molecule has 3 aromatic rings. The molecule has 3 aromatic carbocycles. The molecule has 2 atom stereocenters. The van der Waals surface area contributed by atoms with Gasteiger partial charge in [-0.2, -0.15) is 0 Å². The van der Waals surface area contributed by atoms with E-state index in [2.05, 4.69) is 70.9 Å². The van der Waals surface area contributed by atoms with Gasteiger partial charge in [0.15, 0.2) is 0 Å². The molecule has 0 radical (unpaired) electrons. The molecule has 3 fully saturated rings. The molecule has 0 aromatic heterocycles.